The lowest BCUT2D eigenvalue weighted by atomic mass is 10.2. The molecule has 5 nitrogen and oxygen atoms in total. The first-order valence-electron chi connectivity index (χ1n) is 9.13. The Hall–Kier alpha value is -4.04. The maximum Gasteiger partial charge on any atom is 0.267 e. The first kappa shape index (κ1) is 19.7. The van der Waals surface area contributed by atoms with Crippen LogP contribution in [0, 0.1) is 11.3 Å². The lowest BCUT2D eigenvalue weighted by Gasteiger charge is -2.21. The number of nitrogens with one attached hydrogen (secondary N) is 1. The van der Waals surface area contributed by atoms with Gasteiger partial charge in [-0.2, -0.15) is 5.26 Å². The molecule has 0 radical (unpaired) electrons. The van der Waals surface area contributed by atoms with Crippen molar-refractivity contribution in [2.24, 2.45) is 0 Å². The molecule has 3 aromatic rings. The van der Waals surface area contributed by atoms with Crippen molar-refractivity contribution < 1.29 is 9.53 Å². The lowest BCUT2D eigenvalue weighted by Crippen LogP contribution is -2.21. The van der Waals surface area contributed by atoms with Crippen LogP contribution in [0.15, 0.2) is 96.7 Å². The van der Waals surface area contributed by atoms with E-state index in [9.17, 15) is 10.1 Å². The number of anilines is 2. The number of para-hydroxylation sites is 3. The molecule has 144 valence electrons. The van der Waals surface area contributed by atoms with Crippen LogP contribution in [0.1, 0.15) is 5.56 Å². The number of carbonyl (C=O) groups excluding carboxylic acids is 1. The second-order valence-electron chi connectivity index (χ2n) is 6.26. The number of methoxy groups -OCH3 is 1. The fraction of sp³-hybridized carbons (Fsp3) is 0.0833. The Morgan fingerprint density at radius 2 is 1.62 bits per heavy atom. The molecule has 0 bridgehead atoms. The van der Waals surface area contributed by atoms with Gasteiger partial charge in [0.15, 0.2) is 0 Å². The molecule has 1 amide bonds. The van der Waals surface area contributed by atoms with Crippen LogP contribution >= 0.6 is 0 Å². The average molecular weight is 383 g/mol. The van der Waals surface area contributed by atoms with Gasteiger partial charge < -0.3 is 15.0 Å². The molecule has 3 rings (SSSR count). The van der Waals surface area contributed by atoms with Crippen molar-refractivity contribution in [3.8, 4) is 11.8 Å². The van der Waals surface area contributed by atoms with Crippen molar-refractivity contribution in [3.63, 3.8) is 0 Å². The third kappa shape index (κ3) is 5.24. The first-order valence-corrected chi connectivity index (χ1v) is 9.13. The van der Waals surface area contributed by atoms with Gasteiger partial charge in [-0.1, -0.05) is 60.7 Å². The summed E-state index contributed by atoms with van der Waals surface area (Å²) in [5.41, 5.74) is 2.45. The van der Waals surface area contributed by atoms with E-state index in [0.717, 1.165) is 11.3 Å². The summed E-state index contributed by atoms with van der Waals surface area (Å²) in [5, 5.41) is 12.4. The summed E-state index contributed by atoms with van der Waals surface area (Å²) in [6.07, 6.45) is 1.58. The summed E-state index contributed by atoms with van der Waals surface area (Å²) in [6, 6.07) is 28.6. The normalized spacial score (nSPS) is 10.7. The van der Waals surface area contributed by atoms with Gasteiger partial charge in [0.2, 0.25) is 0 Å². The van der Waals surface area contributed by atoms with Crippen molar-refractivity contribution >= 4 is 17.3 Å². The zero-order chi connectivity index (χ0) is 20.5. The Labute approximate surface area is 170 Å². The van der Waals surface area contributed by atoms with E-state index in [1.807, 2.05) is 77.7 Å². The molecule has 0 saturated carbocycles. The van der Waals surface area contributed by atoms with E-state index in [1.54, 1.807) is 24.4 Å². The highest BCUT2D eigenvalue weighted by molar-refractivity contribution is 6.07. The van der Waals surface area contributed by atoms with Gasteiger partial charge in [0.1, 0.15) is 17.4 Å². The van der Waals surface area contributed by atoms with Crippen molar-refractivity contribution in [2.75, 3.05) is 17.3 Å². The second-order valence-corrected chi connectivity index (χ2v) is 6.26. The molecule has 0 aliphatic rings. The Kier molecular flexibility index (Phi) is 6.64. The SMILES string of the molecule is COc1ccccc1NC(=O)/C(C#N)=C\N(Cc1ccccc1)c1ccccc1. The maximum absolute atomic E-state index is 12.7. The van der Waals surface area contributed by atoms with Gasteiger partial charge in [0.05, 0.1) is 12.8 Å². The van der Waals surface area contributed by atoms with Crippen LogP contribution in [-0.2, 0) is 11.3 Å². The number of nitrogens with zero attached hydrogens (tertiary/aromatic N) is 2. The van der Waals surface area contributed by atoms with E-state index in [0.29, 0.717) is 18.0 Å². The fourth-order valence-corrected chi connectivity index (χ4v) is 2.84. The van der Waals surface area contributed by atoms with Crippen LogP contribution in [0.25, 0.3) is 0 Å². The van der Waals surface area contributed by atoms with E-state index in [2.05, 4.69) is 5.32 Å². The summed E-state index contributed by atoms with van der Waals surface area (Å²) in [7, 11) is 1.53. The number of ether oxygens (including phenoxy) is 1. The molecule has 0 saturated heterocycles. The largest absolute Gasteiger partial charge is 0.495 e. The molecule has 0 spiro atoms. The van der Waals surface area contributed by atoms with Gasteiger partial charge in [0.25, 0.3) is 5.91 Å². The highest BCUT2D eigenvalue weighted by Gasteiger charge is 2.15. The van der Waals surface area contributed by atoms with E-state index < -0.39 is 5.91 Å². The van der Waals surface area contributed by atoms with Gasteiger partial charge in [-0.05, 0) is 29.8 Å². The molecule has 0 fully saturated rings. The monoisotopic (exact) mass is 383 g/mol. The van der Waals surface area contributed by atoms with E-state index in [4.69, 9.17) is 4.74 Å². The maximum atomic E-state index is 12.7. The van der Waals surface area contributed by atoms with Crippen LogP contribution in [0.4, 0.5) is 11.4 Å². The molecule has 1 N–H and O–H groups in total. The van der Waals surface area contributed by atoms with Crippen LogP contribution in [0.2, 0.25) is 0 Å². The predicted octanol–water partition coefficient (Wildman–Crippen LogP) is 4.75. The topological polar surface area (TPSA) is 65.4 Å². The molecule has 0 atom stereocenters. The third-order valence-electron chi connectivity index (χ3n) is 4.29. The van der Waals surface area contributed by atoms with Crippen LogP contribution in [0.3, 0.4) is 0 Å². The molecular formula is C24H21N3O2. The Bertz CT molecular complexity index is 1020. The Balaban J connectivity index is 1.89. The van der Waals surface area contributed by atoms with E-state index >= 15 is 0 Å². The fourth-order valence-electron chi connectivity index (χ4n) is 2.84. The highest BCUT2D eigenvalue weighted by atomic mass is 16.5. The Morgan fingerprint density at radius 3 is 2.28 bits per heavy atom. The molecule has 5 heteroatoms. The van der Waals surface area contributed by atoms with Crippen molar-refractivity contribution in [2.45, 2.75) is 6.54 Å². The van der Waals surface area contributed by atoms with Crippen molar-refractivity contribution in [1.82, 2.24) is 0 Å². The third-order valence-corrected chi connectivity index (χ3v) is 4.29. The number of hydrogen-bond donors (Lipinski definition) is 1. The van der Waals surface area contributed by atoms with Gasteiger partial charge in [-0.3, -0.25) is 4.79 Å². The standard InChI is InChI=1S/C24H21N3O2/c1-29-23-15-9-8-14-22(23)26-24(28)20(16-25)18-27(21-12-6-3-7-13-21)17-19-10-4-2-5-11-19/h2-15,18H,17H2,1H3,(H,26,28)/b20-18-. The average Bonchev–Trinajstić information content (AvgIpc) is 2.78. The molecule has 0 aliphatic carbocycles. The smallest absolute Gasteiger partial charge is 0.267 e. The van der Waals surface area contributed by atoms with E-state index in [1.165, 1.54) is 7.11 Å². The zero-order valence-electron chi connectivity index (χ0n) is 16.1. The zero-order valence-corrected chi connectivity index (χ0v) is 16.1. The summed E-state index contributed by atoms with van der Waals surface area (Å²) >= 11 is 0. The van der Waals surface area contributed by atoms with Crippen LogP contribution in [0.5, 0.6) is 5.75 Å². The van der Waals surface area contributed by atoms with Crippen molar-refractivity contribution in [1.29, 1.82) is 5.26 Å². The molecule has 0 unspecified atom stereocenters. The van der Waals surface area contributed by atoms with Crippen molar-refractivity contribution in [3.05, 3.63) is 102 Å². The van der Waals surface area contributed by atoms with Gasteiger partial charge >= 0.3 is 0 Å². The van der Waals surface area contributed by atoms with E-state index in [-0.39, 0.29) is 5.57 Å². The predicted molar refractivity (Wildman–Crippen MR) is 114 cm³/mol. The van der Waals surface area contributed by atoms with Gasteiger partial charge in [0, 0.05) is 18.4 Å². The molecule has 0 aliphatic heterocycles. The summed E-state index contributed by atoms with van der Waals surface area (Å²) < 4.78 is 5.26. The minimum atomic E-state index is -0.494. The number of nitriles is 1. The number of amides is 1. The number of rotatable bonds is 7. The summed E-state index contributed by atoms with van der Waals surface area (Å²) in [4.78, 5) is 14.6. The molecule has 29 heavy (non-hydrogen) atoms. The van der Waals surface area contributed by atoms with Gasteiger partial charge in [-0.15, -0.1) is 0 Å². The second kappa shape index (κ2) is 9.77. The number of carbonyl (C=O) groups is 1. The quantitative estimate of drug-likeness (QED) is 0.472. The Morgan fingerprint density at radius 1 is 1.00 bits per heavy atom. The molecular weight excluding hydrogens is 362 g/mol. The minimum absolute atomic E-state index is 0.00399. The van der Waals surface area contributed by atoms with Crippen LogP contribution < -0.4 is 15.0 Å². The minimum Gasteiger partial charge on any atom is -0.495 e. The molecule has 0 aromatic heterocycles. The van der Waals surface area contributed by atoms with Crippen LogP contribution in [-0.4, -0.2) is 13.0 Å². The van der Waals surface area contributed by atoms with Gasteiger partial charge in [-0.25, -0.2) is 0 Å². The molecule has 3 aromatic carbocycles. The number of benzene rings is 3. The summed E-state index contributed by atoms with van der Waals surface area (Å²) in [5.74, 6) is 0.0355. The lowest BCUT2D eigenvalue weighted by molar-refractivity contribution is -0.112. The first-order chi connectivity index (χ1) is 14.2. The molecule has 0 heterocycles. The summed E-state index contributed by atoms with van der Waals surface area (Å²) in [6.45, 7) is 0.526. The highest BCUT2D eigenvalue weighted by Crippen LogP contribution is 2.24. The number of hydrogen-bond acceptors (Lipinski definition) is 4.